The quantitative estimate of drug-likeness (QED) is 0.728. The van der Waals surface area contributed by atoms with E-state index in [2.05, 4.69) is 0 Å². The summed E-state index contributed by atoms with van der Waals surface area (Å²) in [5, 5.41) is 0.821. The molecule has 0 saturated heterocycles. The zero-order chi connectivity index (χ0) is 17.5. The number of carbonyl (C=O) groups is 1. The van der Waals surface area contributed by atoms with E-state index in [0.717, 1.165) is 16.5 Å². The Morgan fingerprint density at radius 3 is 2.21 bits per heavy atom. The smallest absolute Gasteiger partial charge is 0.268 e. The van der Waals surface area contributed by atoms with Gasteiger partial charge in [0.1, 0.15) is 5.78 Å². The lowest BCUT2D eigenvalue weighted by Gasteiger charge is -2.12. The van der Waals surface area contributed by atoms with Gasteiger partial charge in [-0.05, 0) is 51.1 Å². The maximum absolute atomic E-state index is 13.2. The molecule has 5 heteroatoms. The molecule has 0 aliphatic rings. The van der Waals surface area contributed by atoms with Crippen molar-refractivity contribution >= 4 is 26.7 Å². The molecule has 1 aromatic heterocycles. The summed E-state index contributed by atoms with van der Waals surface area (Å²) < 4.78 is 27.6. The number of nitrogens with zero attached hydrogens (tertiary/aromatic N) is 1. The Bertz CT molecular complexity index is 1030. The van der Waals surface area contributed by atoms with E-state index in [0.29, 0.717) is 11.2 Å². The summed E-state index contributed by atoms with van der Waals surface area (Å²) in [5.41, 5.74) is 3.12. The van der Waals surface area contributed by atoms with Gasteiger partial charge in [0.2, 0.25) is 0 Å². The molecule has 24 heavy (non-hydrogen) atoms. The number of Topliss-reactive ketones (excluding diaryl/α,β-unsaturated/α-hetero) is 1. The third-order valence-corrected chi connectivity index (χ3v) is 5.75. The monoisotopic (exact) mass is 341 g/mol. The van der Waals surface area contributed by atoms with Crippen molar-refractivity contribution in [3.05, 3.63) is 65.4 Å². The predicted molar refractivity (Wildman–Crippen MR) is 94.8 cm³/mol. The van der Waals surface area contributed by atoms with Crippen LogP contribution in [0, 0.1) is 13.8 Å². The molecule has 0 radical (unpaired) electrons. The van der Waals surface area contributed by atoms with E-state index in [4.69, 9.17) is 0 Å². The normalized spacial score (nSPS) is 11.8. The van der Waals surface area contributed by atoms with Gasteiger partial charge in [0.05, 0.1) is 10.4 Å². The molecule has 4 nitrogen and oxygen atoms in total. The number of aromatic nitrogens is 1. The Hall–Kier alpha value is -2.40. The second-order valence-electron chi connectivity index (χ2n) is 6.16. The predicted octanol–water partition coefficient (Wildman–Crippen LogP) is 3.63. The average molecular weight is 341 g/mol. The van der Waals surface area contributed by atoms with Gasteiger partial charge in [0.25, 0.3) is 10.0 Å². The summed E-state index contributed by atoms with van der Waals surface area (Å²) in [5.74, 6) is -0.0742. The Morgan fingerprint density at radius 1 is 0.958 bits per heavy atom. The molecular weight excluding hydrogens is 322 g/mol. The molecule has 0 spiro atoms. The standard InChI is InChI=1S/C19H19NO3S/c1-13-4-7-18(8-5-13)24(22,23)20-17(11-15(3)21)12-16-10-14(2)6-9-19(16)20/h4-10,12H,11H2,1-3H3. The minimum atomic E-state index is -3.76. The van der Waals surface area contributed by atoms with Crippen molar-refractivity contribution < 1.29 is 13.2 Å². The number of aryl methyl sites for hydroxylation is 2. The van der Waals surface area contributed by atoms with Gasteiger partial charge in [-0.15, -0.1) is 0 Å². The van der Waals surface area contributed by atoms with Gasteiger partial charge in [-0.25, -0.2) is 12.4 Å². The van der Waals surface area contributed by atoms with Crippen LogP contribution in [0.4, 0.5) is 0 Å². The summed E-state index contributed by atoms with van der Waals surface area (Å²) in [6.07, 6.45) is 0.0822. The number of carbonyl (C=O) groups excluding carboxylic acids is 1. The lowest BCUT2D eigenvalue weighted by Crippen LogP contribution is -2.17. The SMILES string of the molecule is CC(=O)Cc1cc2cc(C)ccc2n1S(=O)(=O)c1ccc(C)cc1. The van der Waals surface area contributed by atoms with Crippen molar-refractivity contribution in [2.24, 2.45) is 0 Å². The van der Waals surface area contributed by atoms with Crippen LogP contribution in [0.15, 0.2) is 53.4 Å². The first-order chi connectivity index (χ1) is 11.3. The molecule has 0 fully saturated rings. The van der Waals surface area contributed by atoms with Crippen LogP contribution in [-0.2, 0) is 21.2 Å². The Kier molecular flexibility index (Phi) is 4.05. The van der Waals surface area contributed by atoms with E-state index >= 15 is 0 Å². The summed E-state index contributed by atoms with van der Waals surface area (Å²) in [7, 11) is -3.76. The van der Waals surface area contributed by atoms with Crippen LogP contribution in [0.3, 0.4) is 0 Å². The lowest BCUT2D eigenvalue weighted by molar-refractivity contribution is -0.116. The molecule has 3 aromatic rings. The first kappa shape index (κ1) is 16.5. The van der Waals surface area contributed by atoms with Crippen LogP contribution >= 0.6 is 0 Å². The summed E-state index contributed by atoms with van der Waals surface area (Å²) in [4.78, 5) is 11.8. The summed E-state index contributed by atoms with van der Waals surface area (Å²) >= 11 is 0. The number of benzene rings is 2. The largest absolute Gasteiger partial charge is 0.300 e. The molecular formula is C19H19NO3S. The van der Waals surface area contributed by atoms with Crippen LogP contribution in [0.2, 0.25) is 0 Å². The van der Waals surface area contributed by atoms with Crippen molar-refractivity contribution in [1.29, 1.82) is 0 Å². The van der Waals surface area contributed by atoms with Crippen molar-refractivity contribution in [1.82, 2.24) is 3.97 Å². The molecule has 0 aliphatic carbocycles. The van der Waals surface area contributed by atoms with Crippen molar-refractivity contribution in [2.75, 3.05) is 0 Å². The first-order valence-electron chi connectivity index (χ1n) is 7.72. The second kappa shape index (κ2) is 5.91. The number of ketones is 1. The van der Waals surface area contributed by atoms with Gasteiger partial charge in [-0.3, -0.25) is 4.79 Å². The molecule has 0 atom stereocenters. The van der Waals surface area contributed by atoms with Gasteiger partial charge in [-0.2, -0.15) is 0 Å². The number of rotatable bonds is 4. The number of hydrogen-bond donors (Lipinski definition) is 0. The molecule has 1 heterocycles. The van der Waals surface area contributed by atoms with Gasteiger partial charge < -0.3 is 0 Å². The van der Waals surface area contributed by atoms with E-state index in [-0.39, 0.29) is 17.1 Å². The topological polar surface area (TPSA) is 56.1 Å². The van der Waals surface area contributed by atoms with E-state index < -0.39 is 10.0 Å². The number of fused-ring (bicyclic) bond motifs is 1. The fourth-order valence-electron chi connectivity index (χ4n) is 2.84. The maximum Gasteiger partial charge on any atom is 0.268 e. The second-order valence-corrected chi connectivity index (χ2v) is 7.95. The molecule has 0 N–H and O–H groups in total. The van der Waals surface area contributed by atoms with Crippen LogP contribution in [0.1, 0.15) is 23.7 Å². The van der Waals surface area contributed by atoms with Crippen molar-refractivity contribution in [3.8, 4) is 0 Å². The molecule has 0 saturated carbocycles. The fourth-order valence-corrected chi connectivity index (χ4v) is 4.39. The van der Waals surface area contributed by atoms with Crippen LogP contribution in [-0.4, -0.2) is 18.2 Å². The average Bonchev–Trinajstić information content (AvgIpc) is 2.84. The highest BCUT2D eigenvalue weighted by Crippen LogP contribution is 2.27. The van der Waals surface area contributed by atoms with Crippen LogP contribution in [0.5, 0.6) is 0 Å². The molecule has 0 aliphatic heterocycles. The highest BCUT2D eigenvalue weighted by molar-refractivity contribution is 7.90. The van der Waals surface area contributed by atoms with Gasteiger partial charge in [-0.1, -0.05) is 29.3 Å². The summed E-state index contributed by atoms with van der Waals surface area (Å²) in [6, 6.07) is 14.1. The van der Waals surface area contributed by atoms with Crippen molar-refractivity contribution in [3.63, 3.8) is 0 Å². The Labute approximate surface area is 141 Å². The summed E-state index contributed by atoms with van der Waals surface area (Å²) in [6.45, 7) is 5.33. The zero-order valence-electron chi connectivity index (χ0n) is 13.9. The van der Waals surface area contributed by atoms with Crippen LogP contribution in [0.25, 0.3) is 10.9 Å². The molecule has 0 unspecified atom stereocenters. The maximum atomic E-state index is 13.2. The minimum absolute atomic E-state index is 0.0742. The lowest BCUT2D eigenvalue weighted by atomic mass is 10.2. The van der Waals surface area contributed by atoms with E-state index in [9.17, 15) is 13.2 Å². The molecule has 2 aromatic carbocycles. The highest BCUT2D eigenvalue weighted by atomic mass is 32.2. The number of hydrogen-bond acceptors (Lipinski definition) is 3. The molecule has 3 rings (SSSR count). The van der Waals surface area contributed by atoms with E-state index in [1.54, 1.807) is 36.4 Å². The van der Waals surface area contributed by atoms with E-state index in [1.165, 1.54) is 10.9 Å². The van der Waals surface area contributed by atoms with Crippen molar-refractivity contribution in [2.45, 2.75) is 32.1 Å². The minimum Gasteiger partial charge on any atom is -0.300 e. The first-order valence-corrected chi connectivity index (χ1v) is 9.16. The highest BCUT2D eigenvalue weighted by Gasteiger charge is 2.23. The Balaban J connectivity index is 2.30. The molecule has 0 amide bonds. The van der Waals surface area contributed by atoms with Gasteiger partial charge in [0.15, 0.2) is 0 Å². The third kappa shape index (κ3) is 2.87. The Morgan fingerprint density at radius 2 is 1.58 bits per heavy atom. The van der Waals surface area contributed by atoms with E-state index in [1.807, 2.05) is 26.0 Å². The fraction of sp³-hybridized carbons (Fsp3) is 0.211. The molecule has 124 valence electrons. The van der Waals surface area contributed by atoms with Crippen LogP contribution < -0.4 is 0 Å². The van der Waals surface area contributed by atoms with Gasteiger partial charge >= 0.3 is 0 Å². The molecule has 0 bridgehead atoms. The zero-order valence-corrected chi connectivity index (χ0v) is 14.7. The van der Waals surface area contributed by atoms with Gasteiger partial charge in [0, 0.05) is 17.5 Å². The third-order valence-electron chi connectivity index (χ3n) is 3.97.